The summed E-state index contributed by atoms with van der Waals surface area (Å²) in [5.74, 6) is 0.0819. The average Bonchev–Trinajstić information content (AvgIpc) is 1.95. The van der Waals surface area contributed by atoms with Gasteiger partial charge in [-0.2, -0.15) is 0 Å². The molecule has 0 heterocycles. The Morgan fingerprint density at radius 2 is 2.18 bits per heavy atom. The summed E-state index contributed by atoms with van der Waals surface area (Å²) in [7, 11) is 0. The SMILES string of the molecule is CC(=O)[C@]1(O)CCCC[C@H]1C. The van der Waals surface area contributed by atoms with Crippen LogP contribution >= 0.6 is 0 Å². The fourth-order valence-corrected chi connectivity index (χ4v) is 1.85. The molecule has 1 N–H and O–H groups in total. The molecule has 0 aromatic carbocycles. The Balaban J connectivity index is 2.72. The number of aliphatic hydroxyl groups is 1. The van der Waals surface area contributed by atoms with Crippen LogP contribution in [0.15, 0.2) is 0 Å². The predicted molar refractivity (Wildman–Crippen MR) is 43.3 cm³/mol. The number of hydrogen-bond acceptors (Lipinski definition) is 2. The van der Waals surface area contributed by atoms with Gasteiger partial charge in [0.25, 0.3) is 0 Å². The van der Waals surface area contributed by atoms with E-state index < -0.39 is 5.60 Å². The molecule has 0 aromatic rings. The molecule has 64 valence electrons. The van der Waals surface area contributed by atoms with Crippen LogP contribution in [0.5, 0.6) is 0 Å². The van der Waals surface area contributed by atoms with Crippen molar-refractivity contribution in [3.8, 4) is 0 Å². The molecule has 1 rings (SSSR count). The van der Waals surface area contributed by atoms with Crippen molar-refractivity contribution in [1.29, 1.82) is 0 Å². The summed E-state index contributed by atoms with van der Waals surface area (Å²) in [5, 5.41) is 9.87. The third-order valence-corrected chi connectivity index (χ3v) is 2.87. The minimum Gasteiger partial charge on any atom is -0.382 e. The Bertz CT molecular complexity index is 165. The van der Waals surface area contributed by atoms with E-state index in [0.717, 1.165) is 19.3 Å². The van der Waals surface area contributed by atoms with Crippen molar-refractivity contribution >= 4 is 5.78 Å². The standard InChI is InChI=1S/C9H16O2/c1-7-5-3-4-6-9(7,11)8(2)10/h7,11H,3-6H2,1-2H3/t7-,9+/m1/s1. The maximum atomic E-state index is 11.1. The second kappa shape index (κ2) is 2.94. The van der Waals surface area contributed by atoms with Crippen molar-refractivity contribution in [2.45, 2.75) is 45.1 Å². The molecule has 1 saturated carbocycles. The lowest BCUT2D eigenvalue weighted by molar-refractivity contribution is -0.144. The molecule has 0 unspecified atom stereocenters. The fourth-order valence-electron chi connectivity index (χ4n) is 1.85. The Kier molecular flexibility index (Phi) is 2.33. The largest absolute Gasteiger partial charge is 0.382 e. The van der Waals surface area contributed by atoms with E-state index in [0.29, 0.717) is 6.42 Å². The van der Waals surface area contributed by atoms with Crippen LogP contribution < -0.4 is 0 Å². The van der Waals surface area contributed by atoms with Gasteiger partial charge in [-0.05, 0) is 25.7 Å². The monoisotopic (exact) mass is 156 g/mol. The zero-order valence-electron chi connectivity index (χ0n) is 7.26. The predicted octanol–water partition coefficient (Wildman–Crippen LogP) is 1.52. The van der Waals surface area contributed by atoms with Gasteiger partial charge in [-0.1, -0.05) is 19.8 Å². The second-order valence-corrected chi connectivity index (χ2v) is 3.63. The van der Waals surface area contributed by atoms with Gasteiger partial charge in [-0.15, -0.1) is 0 Å². The maximum Gasteiger partial charge on any atom is 0.161 e. The third kappa shape index (κ3) is 1.45. The molecule has 0 saturated heterocycles. The van der Waals surface area contributed by atoms with Crippen LogP contribution in [0.2, 0.25) is 0 Å². The van der Waals surface area contributed by atoms with Crippen molar-refractivity contribution in [3.05, 3.63) is 0 Å². The number of rotatable bonds is 1. The van der Waals surface area contributed by atoms with Crippen LogP contribution in [0.4, 0.5) is 0 Å². The van der Waals surface area contributed by atoms with Crippen molar-refractivity contribution in [3.63, 3.8) is 0 Å². The summed E-state index contributed by atoms with van der Waals surface area (Å²) in [5.41, 5.74) is -1.00. The first kappa shape index (κ1) is 8.72. The summed E-state index contributed by atoms with van der Waals surface area (Å²) in [6, 6.07) is 0. The van der Waals surface area contributed by atoms with E-state index >= 15 is 0 Å². The number of ketones is 1. The molecule has 0 aliphatic heterocycles. The second-order valence-electron chi connectivity index (χ2n) is 3.63. The minimum absolute atomic E-state index is 0.0651. The summed E-state index contributed by atoms with van der Waals surface area (Å²) in [4.78, 5) is 11.1. The molecule has 2 heteroatoms. The maximum absolute atomic E-state index is 11.1. The normalized spacial score (nSPS) is 38.6. The van der Waals surface area contributed by atoms with Gasteiger partial charge in [0.2, 0.25) is 0 Å². The van der Waals surface area contributed by atoms with Crippen LogP contribution in [-0.2, 0) is 4.79 Å². The smallest absolute Gasteiger partial charge is 0.161 e. The van der Waals surface area contributed by atoms with Crippen LogP contribution in [0.3, 0.4) is 0 Å². The molecule has 1 fully saturated rings. The first-order chi connectivity index (χ1) is 5.07. The zero-order valence-corrected chi connectivity index (χ0v) is 7.26. The first-order valence-electron chi connectivity index (χ1n) is 4.31. The number of hydrogen-bond donors (Lipinski definition) is 1. The van der Waals surface area contributed by atoms with Gasteiger partial charge in [0, 0.05) is 0 Å². The lowest BCUT2D eigenvalue weighted by Crippen LogP contribution is -2.45. The molecule has 2 atom stereocenters. The molecule has 0 amide bonds. The van der Waals surface area contributed by atoms with Gasteiger partial charge < -0.3 is 5.11 Å². The Hall–Kier alpha value is -0.370. The molecule has 0 spiro atoms. The molecule has 1 aliphatic carbocycles. The van der Waals surface area contributed by atoms with Gasteiger partial charge in [0.1, 0.15) is 5.60 Å². The molecular formula is C9H16O2. The Morgan fingerprint density at radius 1 is 1.55 bits per heavy atom. The topological polar surface area (TPSA) is 37.3 Å². The highest BCUT2D eigenvalue weighted by molar-refractivity contribution is 5.85. The molecule has 1 aliphatic rings. The van der Waals surface area contributed by atoms with Gasteiger partial charge in [-0.3, -0.25) is 4.79 Å². The van der Waals surface area contributed by atoms with Gasteiger partial charge in [0.15, 0.2) is 5.78 Å². The molecule has 0 aromatic heterocycles. The molecule has 0 bridgehead atoms. The number of carbonyl (C=O) groups excluding carboxylic acids is 1. The average molecular weight is 156 g/mol. The number of Topliss-reactive ketones (excluding diaryl/α,β-unsaturated/α-hetero) is 1. The van der Waals surface area contributed by atoms with E-state index in [1.165, 1.54) is 6.92 Å². The third-order valence-electron chi connectivity index (χ3n) is 2.87. The summed E-state index contributed by atoms with van der Waals surface area (Å²) >= 11 is 0. The lowest BCUT2D eigenvalue weighted by Gasteiger charge is -2.35. The molecular weight excluding hydrogens is 140 g/mol. The van der Waals surface area contributed by atoms with E-state index in [-0.39, 0.29) is 11.7 Å². The van der Waals surface area contributed by atoms with Gasteiger partial charge in [0.05, 0.1) is 0 Å². The number of carbonyl (C=O) groups is 1. The quantitative estimate of drug-likeness (QED) is 0.625. The van der Waals surface area contributed by atoms with Crippen LogP contribution in [0, 0.1) is 5.92 Å². The van der Waals surface area contributed by atoms with E-state index in [1.54, 1.807) is 0 Å². The molecule has 0 radical (unpaired) electrons. The molecule has 2 nitrogen and oxygen atoms in total. The van der Waals surface area contributed by atoms with E-state index in [4.69, 9.17) is 0 Å². The Morgan fingerprint density at radius 3 is 2.55 bits per heavy atom. The fraction of sp³-hybridized carbons (Fsp3) is 0.889. The van der Waals surface area contributed by atoms with E-state index in [9.17, 15) is 9.90 Å². The minimum atomic E-state index is -1.00. The summed E-state index contributed by atoms with van der Waals surface area (Å²) in [6.07, 6.45) is 3.77. The highest BCUT2D eigenvalue weighted by Crippen LogP contribution is 2.33. The van der Waals surface area contributed by atoms with Crippen LogP contribution in [0.1, 0.15) is 39.5 Å². The summed E-state index contributed by atoms with van der Waals surface area (Å²) < 4.78 is 0. The van der Waals surface area contributed by atoms with Crippen molar-refractivity contribution < 1.29 is 9.90 Å². The van der Waals surface area contributed by atoms with E-state index in [1.807, 2.05) is 6.92 Å². The van der Waals surface area contributed by atoms with Crippen molar-refractivity contribution in [1.82, 2.24) is 0 Å². The lowest BCUT2D eigenvalue weighted by atomic mass is 9.74. The zero-order chi connectivity index (χ0) is 8.48. The van der Waals surface area contributed by atoms with Gasteiger partial charge in [-0.25, -0.2) is 0 Å². The van der Waals surface area contributed by atoms with Crippen LogP contribution in [0.25, 0.3) is 0 Å². The van der Waals surface area contributed by atoms with Crippen molar-refractivity contribution in [2.24, 2.45) is 5.92 Å². The van der Waals surface area contributed by atoms with Crippen LogP contribution in [-0.4, -0.2) is 16.5 Å². The van der Waals surface area contributed by atoms with Crippen molar-refractivity contribution in [2.75, 3.05) is 0 Å². The van der Waals surface area contributed by atoms with E-state index in [2.05, 4.69) is 0 Å². The highest BCUT2D eigenvalue weighted by Gasteiger charge is 2.39. The molecule has 11 heavy (non-hydrogen) atoms. The highest BCUT2D eigenvalue weighted by atomic mass is 16.3. The Labute approximate surface area is 67.6 Å². The first-order valence-corrected chi connectivity index (χ1v) is 4.31. The summed E-state index contributed by atoms with van der Waals surface area (Å²) in [6.45, 7) is 3.45. The van der Waals surface area contributed by atoms with Gasteiger partial charge >= 0.3 is 0 Å².